The number of fused-ring (bicyclic) bond motifs is 1. The number of hydrogen-bond donors (Lipinski definition) is 2. The second-order valence-corrected chi connectivity index (χ2v) is 6.10. The zero-order valence-electron chi connectivity index (χ0n) is 13.3. The molecule has 3 heterocycles. The Labute approximate surface area is 130 Å². The predicted octanol–water partition coefficient (Wildman–Crippen LogP) is 0.895. The molecule has 0 spiro atoms. The predicted molar refractivity (Wildman–Crippen MR) is 87.6 cm³/mol. The fourth-order valence-corrected chi connectivity index (χ4v) is 2.89. The van der Waals surface area contributed by atoms with Gasteiger partial charge in [-0.25, -0.2) is 15.0 Å². The Balaban J connectivity index is 1.38. The van der Waals surface area contributed by atoms with Gasteiger partial charge in [-0.15, -0.1) is 0 Å². The van der Waals surface area contributed by atoms with Crippen LogP contribution in [0.5, 0.6) is 0 Å². The maximum Gasteiger partial charge on any atom is 0.183 e. The van der Waals surface area contributed by atoms with E-state index in [-0.39, 0.29) is 0 Å². The first kappa shape index (κ1) is 15.2. The van der Waals surface area contributed by atoms with E-state index in [0.717, 1.165) is 24.2 Å². The quantitative estimate of drug-likeness (QED) is 0.771. The molecule has 3 N–H and O–H groups in total. The zero-order valence-corrected chi connectivity index (χ0v) is 13.3. The summed E-state index contributed by atoms with van der Waals surface area (Å²) in [5.41, 5.74) is 7.23. The summed E-state index contributed by atoms with van der Waals surface area (Å²) in [5.74, 6) is 1.43. The van der Waals surface area contributed by atoms with Gasteiger partial charge in [-0.2, -0.15) is 0 Å². The van der Waals surface area contributed by atoms with Gasteiger partial charge in [0, 0.05) is 32.6 Å². The number of anilines is 1. The molecule has 120 valence electrons. The summed E-state index contributed by atoms with van der Waals surface area (Å²) in [6.45, 7) is 6.02. The fourth-order valence-electron chi connectivity index (χ4n) is 2.89. The minimum absolute atomic E-state index is 0.471. The molecular weight excluding hydrogens is 278 g/mol. The van der Waals surface area contributed by atoms with Crippen LogP contribution < -0.4 is 5.73 Å². The summed E-state index contributed by atoms with van der Waals surface area (Å²) in [5, 5.41) is 0. The number of nitrogens with one attached hydrogen (secondary N) is 1. The van der Waals surface area contributed by atoms with Crippen LogP contribution in [0.25, 0.3) is 11.2 Å². The number of piperazine rings is 1. The molecule has 2 aromatic rings. The zero-order chi connectivity index (χ0) is 15.4. The van der Waals surface area contributed by atoms with Gasteiger partial charge in [0.15, 0.2) is 11.5 Å². The molecule has 0 bridgehead atoms. The van der Waals surface area contributed by atoms with E-state index in [2.05, 4.69) is 36.8 Å². The van der Waals surface area contributed by atoms with Gasteiger partial charge in [0.2, 0.25) is 0 Å². The third kappa shape index (κ3) is 3.72. The van der Waals surface area contributed by atoms with Crippen molar-refractivity contribution in [3.05, 3.63) is 12.2 Å². The van der Waals surface area contributed by atoms with Crippen LogP contribution in [0.2, 0.25) is 0 Å². The van der Waals surface area contributed by atoms with Crippen molar-refractivity contribution >= 4 is 17.0 Å². The van der Waals surface area contributed by atoms with Crippen LogP contribution >= 0.6 is 0 Å². The highest BCUT2D eigenvalue weighted by Crippen LogP contribution is 2.14. The summed E-state index contributed by atoms with van der Waals surface area (Å²) in [4.78, 5) is 20.8. The van der Waals surface area contributed by atoms with Gasteiger partial charge in [0.25, 0.3) is 0 Å². The highest BCUT2D eigenvalue weighted by atomic mass is 15.2. The monoisotopic (exact) mass is 303 g/mol. The van der Waals surface area contributed by atoms with Gasteiger partial charge in [0.1, 0.15) is 17.7 Å². The van der Waals surface area contributed by atoms with Gasteiger partial charge in [-0.1, -0.05) is 6.42 Å². The number of likely N-dealkylation sites (N-methyl/N-ethyl adjacent to an activating group) is 1. The number of imidazole rings is 1. The third-order valence-electron chi connectivity index (χ3n) is 4.35. The summed E-state index contributed by atoms with van der Waals surface area (Å²) in [6.07, 6.45) is 6.02. The first-order chi connectivity index (χ1) is 10.7. The smallest absolute Gasteiger partial charge is 0.183 e. The van der Waals surface area contributed by atoms with Crippen LogP contribution in [0, 0.1) is 0 Å². The van der Waals surface area contributed by atoms with Crippen molar-refractivity contribution in [1.82, 2.24) is 29.7 Å². The summed E-state index contributed by atoms with van der Waals surface area (Å²) < 4.78 is 0. The standard InChI is InChI=1S/C15H25N7/c1-21-7-9-22(10-8-21)6-4-2-3-5-12-19-13-14(16)17-11-18-15(13)20-12/h11H,2-10H2,1H3,(H3,16,17,18,19,20). The van der Waals surface area contributed by atoms with Gasteiger partial charge in [0.05, 0.1) is 0 Å². The van der Waals surface area contributed by atoms with Crippen molar-refractivity contribution in [2.45, 2.75) is 25.7 Å². The molecular formula is C15H25N7. The molecule has 1 aliphatic rings. The molecule has 1 saturated heterocycles. The molecule has 7 nitrogen and oxygen atoms in total. The Morgan fingerprint density at radius 1 is 1.14 bits per heavy atom. The number of aromatic amines is 1. The second-order valence-electron chi connectivity index (χ2n) is 6.10. The van der Waals surface area contributed by atoms with Crippen LogP contribution in [-0.2, 0) is 6.42 Å². The Bertz CT molecular complexity index is 601. The number of aryl methyl sites for hydroxylation is 1. The Kier molecular flexibility index (Phi) is 4.84. The lowest BCUT2D eigenvalue weighted by Crippen LogP contribution is -2.44. The molecule has 0 aliphatic carbocycles. The molecule has 3 rings (SSSR count). The average molecular weight is 303 g/mol. The number of unbranched alkanes of at least 4 members (excludes halogenated alkanes) is 2. The molecule has 0 radical (unpaired) electrons. The largest absolute Gasteiger partial charge is 0.382 e. The van der Waals surface area contributed by atoms with Gasteiger partial charge in [-0.05, 0) is 26.4 Å². The minimum Gasteiger partial charge on any atom is -0.382 e. The van der Waals surface area contributed by atoms with Crippen molar-refractivity contribution < 1.29 is 0 Å². The van der Waals surface area contributed by atoms with E-state index in [9.17, 15) is 0 Å². The van der Waals surface area contributed by atoms with Crippen molar-refractivity contribution in [2.24, 2.45) is 0 Å². The lowest BCUT2D eigenvalue weighted by atomic mass is 10.1. The minimum atomic E-state index is 0.471. The third-order valence-corrected chi connectivity index (χ3v) is 4.35. The number of nitrogens with two attached hydrogens (primary N) is 1. The number of nitrogen functional groups attached to an aromatic ring is 1. The Morgan fingerprint density at radius 2 is 1.95 bits per heavy atom. The molecule has 22 heavy (non-hydrogen) atoms. The normalized spacial score (nSPS) is 17.3. The molecule has 0 unspecified atom stereocenters. The van der Waals surface area contributed by atoms with E-state index >= 15 is 0 Å². The van der Waals surface area contributed by atoms with Crippen molar-refractivity contribution in [3.8, 4) is 0 Å². The molecule has 7 heteroatoms. The number of rotatable bonds is 6. The molecule has 0 aromatic carbocycles. The summed E-state index contributed by atoms with van der Waals surface area (Å²) >= 11 is 0. The van der Waals surface area contributed by atoms with Gasteiger partial charge in [-0.3, -0.25) is 0 Å². The topological polar surface area (TPSA) is 87.0 Å². The Hall–Kier alpha value is -1.73. The van der Waals surface area contributed by atoms with Gasteiger partial charge >= 0.3 is 0 Å². The van der Waals surface area contributed by atoms with E-state index in [1.54, 1.807) is 0 Å². The lowest BCUT2D eigenvalue weighted by Gasteiger charge is -2.32. The van der Waals surface area contributed by atoms with E-state index in [0.29, 0.717) is 11.5 Å². The first-order valence-electron chi connectivity index (χ1n) is 8.08. The molecule has 0 amide bonds. The molecule has 2 aromatic heterocycles. The average Bonchev–Trinajstić information content (AvgIpc) is 2.93. The van der Waals surface area contributed by atoms with Crippen LogP contribution in [0.4, 0.5) is 5.82 Å². The summed E-state index contributed by atoms with van der Waals surface area (Å²) in [7, 11) is 2.20. The molecule has 1 aliphatic heterocycles. The first-order valence-corrected chi connectivity index (χ1v) is 8.08. The van der Waals surface area contributed by atoms with Gasteiger partial charge < -0.3 is 20.5 Å². The number of hydrogen-bond acceptors (Lipinski definition) is 6. The number of aromatic nitrogens is 4. The molecule has 0 atom stereocenters. The van der Waals surface area contributed by atoms with Crippen molar-refractivity contribution in [3.63, 3.8) is 0 Å². The lowest BCUT2D eigenvalue weighted by molar-refractivity contribution is 0.152. The van der Waals surface area contributed by atoms with E-state index < -0.39 is 0 Å². The Morgan fingerprint density at radius 3 is 2.73 bits per heavy atom. The van der Waals surface area contributed by atoms with E-state index in [4.69, 9.17) is 5.73 Å². The van der Waals surface area contributed by atoms with E-state index in [1.807, 2.05) is 0 Å². The number of H-pyrrole nitrogens is 1. The van der Waals surface area contributed by atoms with E-state index in [1.165, 1.54) is 51.9 Å². The number of nitrogens with zero attached hydrogens (tertiary/aromatic N) is 5. The molecule has 1 fully saturated rings. The molecule has 0 saturated carbocycles. The fraction of sp³-hybridized carbons (Fsp3) is 0.667. The van der Waals surface area contributed by atoms with Crippen LogP contribution in [0.1, 0.15) is 25.1 Å². The second kappa shape index (κ2) is 7.02. The maximum atomic E-state index is 5.81. The maximum absolute atomic E-state index is 5.81. The summed E-state index contributed by atoms with van der Waals surface area (Å²) in [6, 6.07) is 0. The highest BCUT2D eigenvalue weighted by molar-refractivity contribution is 5.80. The van der Waals surface area contributed by atoms with Crippen LogP contribution in [-0.4, -0.2) is 69.5 Å². The van der Waals surface area contributed by atoms with Crippen LogP contribution in [0.3, 0.4) is 0 Å². The van der Waals surface area contributed by atoms with Crippen molar-refractivity contribution in [1.29, 1.82) is 0 Å². The van der Waals surface area contributed by atoms with Crippen molar-refractivity contribution in [2.75, 3.05) is 45.5 Å². The SMILES string of the molecule is CN1CCN(CCCCCc2nc3ncnc(N)c3[nH]2)CC1. The highest BCUT2D eigenvalue weighted by Gasteiger charge is 2.12. The van der Waals surface area contributed by atoms with Crippen LogP contribution in [0.15, 0.2) is 6.33 Å².